The van der Waals surface area contributed by atoms with E-state index in [0.29, 0.717) is 13.1 Å². The lowest BCUT2D eigenvalue weighted by Gasteiger charge is -2.12. The van der Waals surface area contributed by atoms with Crippen molar-refractivity contribution in [2.75, 3.05) is 7.05 Å². The van der Waals surface area contributed by atoms with Gasteiger partial charge in [0, 0.05) is 26.2 Å². The number of hydrogen-bond donors (Lipinski definition) is 1. The highest BCUT2D eigenvalue weighted by atomic mass is 32.2. The van der Waals surface area contributed by atoms with Crippen LogP contribution >= 0.6 is 0 Å². The SMILES string of the molecule is C#CN(C)S(=O)(=O)c1ccc(CNCc2ccc(F)cc2)cc1. The fourth-order valence-electron chi connectivity index (χ4n) is 1.96. The molecule has 120 valence electrons. The first-order valence-electron chi connectivity index (χ1n) is 6.93. The van der Waals surface area contributed by atoms with Gasteiger partial charge in [-0.05, 0) is 35.4 Å². The highest BCUT2D eigenvalue weighted by molar-refractivity contribution is 7.89. The van der Waals surface area contributed by atoms with E-state index >= 15 is 0 Å². The van der Waals surface area contributed by atoms with Crippen LogP contribution in [-0.4, -0.2) is 19.8 Å². The fraction of sp³-hybridized carbons (Fsp3) is 0.176. The average molecular weight is 332 g/mol. The minimum absolute atomic E-state index is 0.153. The third-order valence-electron chi connectivity index (χ3n) is 3.34. The quantitative estimate of drug-likeness (QED) is 0.652. The Labute approximate surface area is 136 Å². The van der Waals surface area contributed by atoms with Crippen LogP contribution in [0.25, 0.3) is 0 Å². The summed E-state index contributed by atoms with van der Waals surface area (Å²) in [5.74, 6) is -0.262. The van der Waals surface area contributed by atoms with E-state index in [0.717, 1.165) is 15.4 Å². The second-order valence-corrected chi connectivity index (χ2v) is 6.94. The number of rotatable bonds is 6. The van der Waals surface area contributed by atoms with Crippen molar-refractivity contribution in [3.8, 4) is 12.5 Å². The molecule has 0 fully saturated rings. The lowest BCUT2D eigenvalue weighted by molar-refractivity contribution is 0.547. The molecule has 0 aromatic heterocycles. The van der Waals surface area contributed by atoms with Crippen molar-refractivity contribution in [2.24, 2.45) is 0 Å². The van der Waals surface area contributed by atoms with Gasteiger partial charge in [0.15, 0.2) is 0 Å². The van der Waals surface area contributed by atoms with Crippen molar-refractivity contribution in [3.05, 3.63) is 65.5 Å². The monoisotopic (exact) mass is 332 g/mol. The molecule has 0 heterocycles. The van der Waals surface area contributed by atoms with Crippen LogP contribution in [0.5, 0.6) is 0 Å². The Morgan fingerprint density at radius 2 is 1.52 bits per heavy atom. The maximum Gasteiger partial charge on any atom is 0.270 e. The zero-order valence-electron chi connectivity index (χ0n) is 12.7. The van der Waals surface area contributed by atoms with Gasteiger partial charge >= 0.3 is 0 Å². The van der Waals surface area contributed by atoms with Gasteiger partial charge < -0.3 is 5.32 Å². The van der Waals surface area contributed by atoms with Gasteiger partial charge in [-0.1, -0.05) is 30.7 Å². The topological polar surface area (TPSA) is 49.4 Å². The van der Waals surface area contributed by atoms with Gasteiger partial charge in [0.1, 0.15) is 5.82 Å². The van der Waals surface area contributed by atoms with Gasteiger partial charge in [0.05, 0.1) is 4.90 Å². The summed E-state index contributed by atoms with van der Waals surface area (Å²) in [6.07, 6.45) is 5.12. The second-order valence-electron chi connectivity index (χ2n) is 4.98. The maximum atomic E-state index is 12.8. The Morgan fingerprint density at radius 3 is 2.00 bits per heavy atom. The van der Waals surface area contributed by atoms with Gasteiger partial charge in [0.2, 0.25) is 0 Å². The van der Waals surface area contributed by atoms with E-state index in [-0.39, 0.29) is 10.7 Å². The van der Waals surface area contributed by atoms with Gasteiger partial charge in [0.25, 0.3) is 10.0 Å². The summed E-state index contributed by atoms with van der Waals surface area (Å²) in [6, 6.07) is 14.9. The molecule has 0 aliphatic carbocycles. The van der Waals surface area contributed by atoms with Gasteiger partial charge in [-0.3, -0.25) is 0 Å². The zero-order valence-corrected chi connectivity index (χ0v) is 13.5. The molecule has 1 N–H and O–H groups in total. The number of halogens is 1. The molecule has 6 heteroatoms. The zero-order chi connectivity index (χ0) is 16.9. The summed E-state index contributed by atoms with van der Waals surface area (Å²) in [6.45, 7) is 1.17. The maximum absolute atomic E-state index is 12.8. The molecule has 0 amide bonds. The number of nitrogens with zero attached hydrogens (tertiary/aromatic N) is 1. The van der Waals surface area contributed by atoms with Crippen LogP contribution in [0.1, 0.15) is 11.1 Å². The molecular formula is C17H17FN2O2S. The second kappa shape index (κ2) is 7.27. The van der Waals surface area contributed by atoms with Crippen LogP contribution in [0.15, 0.2) is 53.4 Å². The van der Waals surface area contributed by atoms with Crippen LogP contribution in [-0.2, 0) is 23.1 Å². The number of terminal acetylenes is 1. The van der Waals surface area contributed by atoms with Crippen molar-refractivity contribution < 1.29 is 12.8 Å². The molecule has 0 saturated heterocycles. The molecule has 4 nitrogen and oxygen atoms in total. The Kier molecular flexibility index (Phi) is 5.37. The number of benzene rings is 2. The van der Waals surface area contributed by atoms with E-state index < -0.39 is 10.0 Å². The Morgan fingerprint density at radius 1 is 1.04 bits per heavy atom. The summed E-state index contributed by atoms with van der Waals surface area (Å²) in [4.78, 5) is 0.153. The van der Waals surface area contributed by atoms with Crippen molar-refractivity contribution in [1.29, 1.82) is 0 Å². The number of sulfonamides is 1. The van der Waals surface area contributed by atoms with Crippen LogP contribution in [0.2, 0.25) is 0 Å². The van der Waals surface area contributed by atoms with Crippen molar-refractivity contribution in [1.82, 2.24) is 9.62 Å². The minimum atomic E-state index is -3.63. The molecule has 0 aliphatic heterocycles. The first-order valence-corrected chi connectivity index (χ1v) is 8.37. The van der Waals surface area contributed by atoms with E-state index in [1.165, 1.54) is 31.3 Å². The normalized spacial score (nSPS) is 11.0. The lowest BCUT2D eigenvalue weighted by Crippen LogP contribution is -2.21. The number of nitrogens with one attached hydrogen (secondary N) is 1. The number of hydrogen-bond acceptors (Lipinski definition) is 3. The molecule has 0 aliphatic rings. The average Bonchev–Trinajstić information content (AvgIpc) is 2.56. The molecule has 0 saturated carbocycles. The van der Waals surface area contributed by atoms with E-state index in [1.54, 1.807) is 24.3 Å². The first-order chi connectivity index (χ1) is 10.9. The Bertz CT molecular complexity index is 794. The van der Waals surface area contributed by atoms with Crippen molar-refractivity contribution >= 4 is 10.0 Å². The van der Waals surface area contributed by atoms with E-state index in [4.69, 9.17) is 6.42 Å². The summed E-state index contributed by atoms with van der Waals surface area (Å²) in [7, 11) is -2.31. The molecule has 2 aromatic rings. The predicted molar refractivity (Wildman–Crippen MR) is 87.2 cm³/mol. The van der Waals surface area contributed by atoms with E-state index in [1.807, 2.05) is 0 Å². The largest absolute Gasteiger partial charge is 0.309 e. The molecule has 0 atom stereocenters. The minimum Gasteiger partial charge on any atom is -0.309 e. The molecule has 0 unspecified atom stereocenters. The summed E-state index contributed by atoms with van der Waals surface area (Å²) in [5, 5.41) is 3.21. The van der Waals surface area contributed by atoms with E-state index in [9.17, 15) is 12.8 Å². The molecular weight excluding hydrogens is 315 g/mol. The van der Waals surface area contributed by atoms with Crippen LogP contribution in [0.4, 0.5) is 4.39 Å². The highest BCUT2D eigenvalue weighted by Crippen LogP contribution is 2.14. The standard InChI is InChI=1S/C17H17FN2O2S/c1-3-20(2)23(21,22)17-10-6-15(7-11-17)13-19-12-14-4-8-16(18)9-5-14/h1,4-11,19H,12-13H2,2H3. The smallest absolute Gasteiger partial charge is 0.270 e. The van der Waals surface area contributed by atoms with Crippen LogP contribution in [0, 0.1) is 18.3 Å². The van der Waals surface area contributed by atoms with E-state index in [2.05, 4.69) is 11.4 Å². The molecule has 0 radical (unpaired) electrons. The van der Waals surface area contributed by atoms with Crippen molar-refractivity contribution in [2.45, 2.75) is 18.0 Å². The molecule has 23 heavy (non-hydrogen) atoms. The predicted octanol–water partition coefficient (Wildman–Crippen LogP) is 2.33. The fourth-order valence-corrected chi connectivity index (χ4v) is 2.90. The third-order valence-corrected chi connectivity index (χ3v) is 5.03. The first kappa shape index (κ1) is 17.0. The summed E-state index contributed by atoms with van der Waals surface area (Å²) in [5.41, 5.74) is 1.91. The van der Waals surface area contributed by atoms with Crippen LogP contribution in [0.3, 0.4) is 0 Å². The lowest BCUT2D eigenvalue weighted by atomic mass is 10.2. The summed E-state index contributed by atoms with van der Waals surface area (Å²) >= 11 is 0. The Hall–Kier alpha value is -2.36. The third kappa shape index (κ3) is 4.31. The van der Waals surface area contributed by atoms with Crippen molar-refractivity contribution in [3.63, 3.8) is 0 Å². The van der Waals surface area contributed by atoms with Gasteiger partial charge in [-0.15, -0.1) is 0 Å². The molecule has 0 spiro atoms. The highest BCUT2D eigenvalue weighted by Gasteiger charge is 2.17. The molecule has 2 rings (SSSR count). The summed E-state index contributed by atoms with van der Waals surface area (Å²) < 4.78 is 37.7. The Balaban J connectivity index is 1.95. The molecule has 0 bridgehead atoms. The van der Waals surface area contributed by atoms with Gasteiger partial charge in [-0.2, -0.15) is 0 Å². The van der Waals surface area contributed by atoms with Crippen LogP contribution < -0.4 is 5.32 Å². The van der Waals surface area contributed by atoms with Gasteiger partial charge in [-0.25, -0.2) is 17.1 Å². The molecule has 2 aromatic carbocycles.